The van der Waals surface area contributed by atoms with E-state index in [1.165, 1.54) is 18.1 Å². The van der Waals surface area contributed by atoms with Gasteiger partial charge in [-0.25, -0.2) is 19.7 Å². The third-order valence-corrected chi connectivity index (χ3v) is 6.55. The number of imidazole rings is 1. The topological polar surface area (TPSA) is 90.1 Å². The number of fused-ring (bicyclic) bond motifs is 1. The van der Waals surface area contributed by atoms with Gasteiger partial charge in [0, 0.05) is 23.1 Å². The molecule has 3 heterocycles. The molecule has 1 saturated heterocycles. The summed E-state index contributed by atoms with van der Waals surface area (Å²) in [7, 11) is 0. The smallest absolute Gasteiger partial charge is 0.336 e. The summed E-state index contributed by atoms with van der Waals surface area (Å²) in [5.74, 6) is 1.83. The van der Waals surface area contributed by atoms with Gasteiger partial charge in [0.1, 0.15) is 16.9 Å². The monoisotopic (exact) mass is 402 g/mol. The van der Waals surface area contributed by atoms with Crippen LogP contribution in [0.25, 0.3) is 11.2 Å². The van der Waals surface area contributed by atoms with E-state index in [0.29, 0.717) is 28.5 Å². The van der Waals surface area contributed by atoms with Gasteiger partial charge in [-0.15, -0.1) is 23.4 Å². The van der Waals surface area contributed by atoms with Crippen LogP contribution in [0.1, 0.15) is 13.3 Å². The van der Waals surface area contributed by atoms with Crippen LogP contribution in [0.15, 0.2) is 17.7 Å². The highest BCUT2D eigenvalue weighted by Crippen LogP contribution is 2.38. The number of aliphatic hydroxyl groups is 1. The number of carbonyl (C=O) groups excluding carboxylic acids is 1. The van der Waals surface area contributed by atoms with Crippen LogP contribution in [0.2, 0.25) is 0 Å². The summed E-state index contributed by atoms with van der Waals surface area (Å²) in [5, 5.41) is 11.3. The molecule has 3 rings (SSSR count). The molecule has 1 fully saturated rings. The molecule has 0 aromatic carbocycles. The Morgan fingerprint density at radius 2 is 2.40 bits per heavy atom. The first-order chi connectivity index (χ1) is 12.1. The molecule has 0 amide bonds. The fourth-order valence-electron chi connectivity index (χ4n) is 2.77. The molecule has 0 spiro atoms. The molecule has 0 aliphatic carbocycles. The van der Waals surface area contributed by atoms with Crippen molar-refractivity contribution in [1.29, 1.82) is 0 Å². The number of nitrogens with zero attached hydrogens (tertiary/aromatic N) is 4. The quantitative estimate of drug-likeness (QED) is 0.247. The van der Waals surface area contributed by atoms with Crippen molar-refractivity contribution in [2.24, 2.45) is 0 Å². The second kappa shape index (κ2) is 8.11. The van der Waals surface area contributed by atoms with Crippen LogP contribution in [0.3, 0.4) is 0 Å². The minimum atomic E-state index is -1.21. The number of esters is 1. The largest absolute Gasteiger partial charge is 0.464 e. The van der Waals surface area contributed by atoms with Crippen molar-refractivity contribution in [3.05, 3.63) is 12.7 Å². The van der Waals surface area contributed by atoms with Crippen molar-refractivity contribution in [3.8, 4) is 0 Å². The fraction of sp³-hybridized carbons (Fsp3) is 0.600. The standard InChI is InChI=1S/C15H19ClN4O3S2/c1-2-23-14(22)15(7-24-6-10(15)21)20-9-19-11-12(20)17-8-18-13(11)25-5-3-4-16/h8-10,21H,2-7H2,1H3. The normalized spacial score (nSPS) is 23.2. The number of rotatable bonds is 7. The Morgan fingerprint density at radius 3 is 3.08 bits per heavy atom. The highest BCUT2D eigenvalue weighted by Gasteiger charge is 2.53. The van der Waals surface area contributed by atoms with Gasteiger partial charge in [0.15, 0.2) is 11.2 Å². The maximum atomic E-state index is 12.7. The van der Waals surface area contributed by atoms with E-state index in [2.05, 4.69) is 15.0 Å². The summed E-state index contributed by atoms with van der Waals surface area (Å²) in [5.41, 5.74) is -0.0604. The molecule has 10 heteroatoms. The lowest BCUT2D eigenvalue weighted by molar-refractivity contribution is -0.157. The molecule has 0 saturated carbocycles. The molecule has 1 N–H and O–H groups in total. The summed E-state index contributed by atoms with van der Waals surface area (Å²) >= 11 is 8.79. The maximum absolute atomic E-state index is 12.7. The van der Waals surface area contributed by atoms with E-state index >= 15 is 0 Å². The van der Waals surface area contributed by atoms with Crippen LogP contribution < -0.4 is 0 Å². The first kappa shape index (κ1) is 18.8. The summed E-state index contributed by atoms with van der Waals surface area (Å²) in [6, 6.07) is 0. The van der Waals surface area contributed by atoms with Gasteiger partial charge in [-0.05, 0) is 13.3 Å². The van der Waals surface area contributed by atoms with Crippen molar-refractivity contribution in [1.82, 2.24) is 19.5 Å². The molecule has 2 aromatic heterocycles. The lowest BCUT2D eigenvalue weighted by Gasteiger charge is -2.30. The second-order valence-corrected chi connectivity index (χ2v) is 8.02. The van der Waals surface area contributed by atoms with Gasteiger partial charge in [0.05, 0.1) is 19.0 Å². The van der Waals surface area contributed by atoms with Crippen molar-refractivity contribution < 1.29 is 14.6 Å². The van der Waals surface area contributed by atoms with Crippen LogP contribution in [0.5, 0.6) is 0 Å². The van der Waals surface area contributed by atoms with Gasteiger partial charge < -0.3 is 9.84 Å². The number of aromatic nitrogens is 4. The van der Waals surface area contributed by atoms with Crippen molar-refractivity contribution in [3.63, 3.8) is 0 Å². The predicted octanol–water partition coefficient (Wildman–Crippen LogP) is 1.91. The Balaban J connectivity index is 2.04. The van der Waals surface area contributed by atoms with Crippen molar-refractivity contribution in [2.45, 2.75) is 30.0 Å². The molecule has 2 aromatic rings. The van der Waals surface area contributed by atoms with Crippen LogP contribution in [0.4, 0.5) is 0 Å². The van der Waals surface area contributed by atoms with E-state index in [4.69, 9.17) is 16.3 Å². The molecule has 136 valence electrons. The second-order valence-electron chi connectivity index (χ2n) is 5.53. The lowest BCUT2D eigenvalue weighted by Crippen LogP contribution is -2.51. The summed E-state index contributed by atoms with van der Waals surface area (Å²) in [6.45, 7) is 2.00. The zero-order valence-electron chi connectivity index (χ0n) is 13.7. The average Bonchev–Trinajstić information content (AvgIpc) is 3.20. The summed E-state index contributed by atoms with van der Waals surface area (Å²) in [6.07, 6.45) is 3.00. The SMILES string of the molecule is CCOC(=O)C1(n2cnc3c(SCCCCl)ncnc32)CSCC1O. The predicted molar refractivity (Wildman–Crippen MR) is 99.3 cm³/mol. The fourth-order valence-corrected chi connectivity index (χ4v) is 5.33. The van der Waals surface area contributed by atoms with Gasteiger partial charge in [0.25, 0.3) is 0 Å². The number of thioether (sulfide) groups is 2. The first-order valence-electron chi connectivity index (χ1n) is 7.95. The van der Waals surface area contributed by atoms with E-state index in [1.807, 2.05) is 0 Å². The van der Waals surface area contributed by atoms with E-state index in [0.717, 1.165) is 17.2 Å². The van der Waals surface area contributed by atoms with Gasteiger partial charge in [0.2, 0.25) is 0 Å². The van der Waals surface area contributed by atoms with E-state index in [9.17, 15) is 9.90 Å². The van der Waals surface area contributed by atoms with Gasteiger partial charge >= 0.3 is 5.97 Å². The number of hydrogen-bond donors (Lipinski definition) is 1. The van der Waals surface area contributed by atoms with E-state index in [1.54, 1.807) is 29.6 Å². The number of ether oxygens (including phenoxy) is 1. The highest BCUT2D eigenvalue weighted by atomic mass is 35.5. The zero-order valence-corrected chi connectivity index (χ0v) is 16.1. The van der Waals surface area contributed by atoms with Crippen molar-refractivity contribution in [2.75, 3.05) is 29.7 Å². The molecular formula is C15H19ClN4O3S2. The van der Waals surface area contributed by atoms with Crippen molar-refractivity contribution >= 4 is 52.3 Å². The molecule has 25 heavy (non-hydrogen) atoms. The summed E-state index contributed by atoms with van der Waals surface area (Å²) in [4.78, 5) is 25.7. The number of halogens is 1. The van der Waals surface area contributed by atoms with E-state index in [-0.39, 0.29) is 6.61 Å². The number of alkyl halides is 1. The molecule has 2 atom stereocenters. The van der Waals surface area contributed by atoms with Crippen LogP contribution in [0, 0.1) is 0 Å². The Kier molecular flexibility index (Phi) is 6.08. The maximum Gasteiger partial charge on any atom is 0.336 e. The van der Waals surface area contributed by atoms with Crippen LogP contribution in [-0.4, -0.2) is 66.4 Å². The molecule has 7 nitrogen and oxygen atoms in total. The number of carbonyl (C=O) groups is 1. The Labute approximate surface area is 158 Å². The number of aliphatic hydroxyl groups excluding tert-OH is 1. The third kappa shape index (κ3) is 3.34. The molecule has 0 radical (unpaired) electrons. The molecule has 1 aliphatic heterocycles. The molecule has 0 bridgehead atoms. The van der Waals surface area contributed by atoms with Gasteiger partial charge in [-0.3, -0.25) is 4.57 Å². The summed E-state index contributed by atoms with van der Waals surface area (Å²) < 4.78 is 6.91. The molecule has 1 aliphatic rings. The minimum Gasteiger partial charge on any atom is -0.464 e. The van der Waals surface area contributed by atoms with Crippen LogP contribution in [-0.2, 0) is 15.1 Å². The Hall–Kier alpha value is -1.03. The zero-order chi connectivity index (χ0) is 17.9. The molecular weight excluding hydrogens is 384 g/mol. The Bertz CT molecular complexity index is 759. The van der Waals surface area contributed by atoms with Crippen LogP contribution >= 0.6 is 35.1 Å². The third-order valence-electron chi connectivity index (χ3n) is 4.02. The average molecular weight is 403 g/mol. The van der Waals surface area contributed by atoms with E-state index < -0.39 is 17.6 Å². The van der Waals surface area contributed by atoms with Gasteiger partial charge in [-0.1, -0.05) is 0 Å². The minimum absolute atomic E-state index is 0.249. The Morgan fingerprint density at radius 1 is 1.56 bits per heavy atom. The lowest BCUT2D eigenvalue weighted by atomic mass is 9.95. The first-order valence-corrected chi connectivity index (χ1v) is 10.6. The van der Waals surface area contributed by atoms with Gasteiger partial charge in [-0.2, -0.15) is 11.8 Å². The number of hydrogen-bond acceptors (Lipinski definition) is 8. The molecule has 2 unspecified atom stereocenters. The highest BCUT2D eigenvalue weighted by molar-refractivity contribution is 7.99.